The molecule has 0 spiro atoms. The maximum atomic E-state index is 13.2. The second kappa shape index (κ2) is 10.0. The zero-order valence-corrected chi connectivity index (χ0v) is 20.3. The van der Waals surface area contributed by atoms with E-state index in [1.54, 1.807) is 18.3 Å². The van der Waals surface area contributed by atoms with E-state index in [1.165, 1.54) is 11.1 Å². The third-order valence-corrected chi connectivity index (χ3v) is 6.63. The first-order valence-electron chi connectivity index (χ1n) is 12.1. The molecule has 0 saturated carbocycles. The molecule has 2 aliphatic heterocycles. The molecule has 8 heteroatoms. The quantitative estimate of drug-likeness (QED) is 0.505. The van der Waals surface area contributed by atoms with Crippen LogP contribution in [-0.2, 0) is 23.2 Å². The second-order valence-electron chi connectivity index (χ2n) is 9.69. The Bertz CT molecular complexity index is 1210. The number of carbonyl (C=O) groups is 1. The van der Waals surface area contributed by atoms with E-state index in [1.807, 2.05) is 18.3 Å². The van der Waals surface area contributed by atoms with Crippen LogP contribution in [0.1, 0.15) is 40.9 Å². The smallest absolute Gasteiger partial charge is 0.259 e. The zero-order valence-electron chi connectivity index (χ0n) is 20.3. The summed E-state index contributed by atoms with van der Waals surface area (Å²) in [4.78, 5) is 24.3. The number of aromatic nitrogens is 2. The highest BCUT2D eigenvalue weighted by molar-refractivity contribution is 6.07. The van der Waals surface area contributed by atoms with Crippen molar-refractivity contribution in [3.8, 4) is 0 Å². The number of morpholine rings is 1. The van der Waals surface area contributed by atoms with Crippen LogP contribution in [0.15, 0.2) is 54.9 Å². The van der Waals surface area contributed by atoms with Crippen molar-refractivity contribution in [3.63, 3.8) is 0 Å². The number of carbonyl (C=O) groups excluding carboxylic acids is 1. The van der Waals surface area contributed by atoms with Crippen LogP contribution in [0.4, 0.5) is 17.3 Å². The minimum Gasteiger partial charge on any atom is -0.378 e. The Balaban J connectivity index is 1.28. The molecule has 3 N–H and O–H groups in total. The predicted octanol–water partition coefficient (Wildman–Crippen LogP) is 3.56. The molecule has 1 aromatic carbocycles. The van der Waals surface area contributed by atoms with E-state index >= 15 is 0 Å². The van der Waals surface area contributed by atoms with Gasteiger partial charge in [-0.15, -0.1) is 0 Å². The summed E-state index contributed by atoms with van der Waals surface area (Å²) < 4.78 is 5.44. The number of rotatable bonds is 6. The van der Waals surface area contributed by atoms with E-state index in [0.29, 0.717) is 17.9 Å². The lowest BCUT2D eigenvalue weighted by Crippen LogP contribution is -2.38. The Morgan fingerprint density at radius 3 is 2.83 bits per heavy atom. The fourth-order valence-corrected chi connectivity index (χ4v) is 4.73. The molecule has 0 atom stereocenters. The fourth-order valence-electron chi connectivity index (χ4n) is 4.73. The largest absolute Gasteiger partial charge is 0.378 e. The number of hydrogen-bond donors (Lipinski definition) is 3. The van der Waals surface area contributed by atoms with Gasteiger partial charge in [-0.05, 0) is 53.1 Å². The van der Waals surface area contributed by atoms with Crippen LogP contribution >= 0.6 is 0 Å². The first kappa shape index (κ1) is 23.3. The van der Waals surface area contributed by atoms with Gasteiger partial charge in [-0.1, -0.05) is 19.9 Å². The van der Waals surface area contributed by atoms with E-state index in [2.05, 4.69) is 62.9 Å². The number of anilines is 3. The number of ether oxygens (including phenoxy) is 1. The Morgan fingerprint density at radius 1 is 1.11 bits per heavy atom. The predicted molar refractivity (Wildman–Crippen MR) is 138 cm³/mol. The van der Waals surface area contributed by atoms with Crippen molar-refractivity contribution < 1.29 is 9.53 Å². The van der Waals surface area contributed by atoms with Crippen molar-refractivity contribution in [2.45, 2.75) is 32.4 Å². The molecule has 2 aromatic heterocycles. The van der Waals surface area contributed by atoms with Crippen LogP contribution < -0.4 is 20.9 Å². The molecule has 3 aromatic rings. The van der Waals surface area contributed by atoms with Gasteiger partial charge in [0.05, 0.1) is 18.8 Å². The lowest BCUT2D eigenvalue weighted by molar-refractivity contribution is 0.102. The van der Waals surface area contributed by atoms with Crippen LogP contribution in [0.25, 0.3) is 0 Å². The summed E-state index contributed by atoms with van der Waals surface area (Å²) in [7, 11) is 0. The van der Waals surface area contributed by atoms with Crippen molar-refractivity contribution in [1.29, 1.82) is 0 Å². The summed E-state index contributed by atoms with van der Waals surface area (Å²) in [6.07, 6.45) is 3.51. The fraction of sp³-hybridized carbons (Fsp3) is 0.370. The maximum Gasteiger partial charge on any atom is 0.259 e. The van der Waals surface area contributed by atoms with Gasteiger partial charge in [-0.3, -0.25) is 4.79 Å². The summed E-state index contributed by atoms with van der Waals surface area (Å²) in [5, 5.41) is 9.85. The van der Waals surface area contributed by atoms with E-state index in [0.717, 1.165) is 56.5 Å². The topological polar surface area (TPSA) is 91.4 Å². The van der Waals surface area contributed by atoms with Gasteiger partial charge in [0.2, 0.25) is 0 Å². The molecule has 35 heavy (non-hydrogen) atoms. The van der Waals surface area contributed by atoms with E-state index < -0.39 is 0 Å². The van der Waals surface area contributed by atoms with Crippen molar-refractivity contribution in [2.75, 3.05) is 48.4 Å². The van der Waals surface area contributed by atoms with Gasteiger partial charge in [0.15, 0.2) is 0 Å². The Hall–Kier alpha value is -3.49. The maximum absolute atomic E-state index is 13.2. The number of hydrogen-bond acceptors (Lipinski definition) is 7. The average molecular weight is 473 g/mol. The van der Waals surface area contributed by atoms with Crippen molar-refractivity contribution in [3.05, 3.63) is 77.1 Å². The zero-order chi connectivity index (χ0) is 24.3. The van der Waals surface area contributed by atoms with Gasteiger partial charge < -0.3 is 25.6 Å². The molecule has 0 bridgehead atoms. The first-order chi connectivity index (χ1) is 17.0. The SMILES string of the molecule is CC1(C)CNCc2cc(NC(=O)c3cccnc3NCc3ccnc(N4CCOCC4)c3)ccc21. The molecule has 0 unspecified atom stereocenters. The van der Waals surface area contributed by atoms with Gasteiger partial charge in [-0.2, -0.15) is 0 Å². The summed E-state index contributed by atoms with van der Waals surface area (Å²) in [6, 6.07) is 13.8. The number of pyridine rings is 2. The summed E-state index contributed by atoms with van der Waals surface area (Å²) in [6.45, 7) is 9.87. The first-order valence-corrected chi connectivity index (χ1v) is 12.1. The monoisotopic (exact) mass is 472 g/mol. The van der Waals surface area contributed by atoms with Crippen molar-refractivity contribution >= 4 is 23.2 Å². The Kier molecular flexibility index (Phi) is 6.66. The highest BCUT2D eigenvalue weighted by Crippen LogP contribution is 2.31. The molecular weight excluding hydrogens is 440 g/mol. The second-order valence-corrected chi connectivity index (χ2v) is 9.69. The van der Waals surface area contributed by atoms with Crippen molar-refractivity contribution in [2.24, 2.45) is 0 Å². The molecule has 1 amide bonds. The number of amides is 1. The minimum atomic E-state index is -0.188. The number of nitrogens with one attached hydrogen (secondary N) is 3. The van der Waals surface area contributed by atoms with Crippen LogP contribution in [-0.4, -0.2) is 48.7 Å². The lowest BCUT2D eigenvalue weighted by atomic mass is 9.79. The molecule has 1 saturated heterocycles. The Morgan fingerprint density at radius 2 is 1.97 bits per heavy atom. The van der Waals surface area contributed by atoms with Gasteiger partial charge in [-0.25, -0.2) is 9.97 Å². The molecule has 0 aliphatic carbocycles. The standard InChI is InChI=1S/C27H32N6O2/c1-27(2)18-28-17-20-15-21(5-6-23(20)27)32-26(34)22-4-3-8-30-25(22)31-16-19-7-9-29-24(14-19)33-10-12-35-13-11-33/h3-9,14-15,28H,10-13,16-18H2,1-2H3,(H,30,31)(H,32,34). The van der Waals surface area contributed by atoms with Crippen LogP contribution in [0.2, 0.25) is 0 Å². The lowest BCUT2D eigenvalue weighted by Gasteiger charge is -2.33. The van der Waals surface area contributed by atoms with Gasteiger partial charge in [0.1, 0.15) is 11.6 Å². The number of benzene rings is 1. The summed E-state index contributed by atoms with van der Waals surface area (Å²) >= 11 is 0. The van der Waals surface area contributed by atoms with E-state index in [-0.39, 0.29) is 11.3 Å². The summed E-state index contributed by atoms with van der Waals surface area (Å²) in [5.41, 5.74) is 4.98. The molecule has 2 aliphatic rings. The minimum absolute atomic E-state index is 0.0746. The van der Waals surface area contributed by atoms with Crippen LogP contribution in [0.3, 0.4) is 0 Å². The Labute approximate surface area is 206 Å². The number of fused-ring (bicyclic) bond motifs is 1. The molecule has 5 rings (SSSR count). The van der Waals surface area contributed by atoms with Crippen molar-refractivity contribution in [1.82, 2.24) is 15.3 Å². The normalized spacial score (nSPS) is 16.9. The molecular formula is C27H32N6O2. The number of nitrogens with zero attached hydrogens (tertiary/aromatic N) is 3. The molecule has 0 radical (unpaired) electrons. The summed E-state index contributed by atoms with van der Waals surface area (Å²) in [5.74, 6) is 1.31. The molecule has 4 heterocycles. The van der Waals surface area contributed by atoms with Gasteiger partial charge in [0, 0.05) is 56.2 Å². The van der Waals surface area contributed by atoms with Crippen LogP contribution in [0, 0.1) is 0 Å². The third-order valence-electron chi connectivity index (χ3n) is 6.63. The van der Waals surface area contributed by atoms with Gasteiger partial charge in [0.25, 0.3) is 5.91 Å². The molecule has 8 nitrogen and oxygen atoms in total. The van der Waals surface area contributed by atoms with E-state index in [4.69, 9.17) is 4.74 Å². The molecule has 182 valence electrons. The molecule has 1 fully saturated rings. The average Bonchev–Trinajstić information content (AvgIpc) is 2.88. The highest BCUT2D eigenvalue weighted by atomic mass is 16.5. The highest BCUT2D eigenvalue weighted by Gasteiger charge is 2.27. The van der Waals surface area contributed by atoms with Crippen LogP contribution in [0.5, 0.6) is 0 Å². The third kappa shape index (κ3) is 5.28. The van der Waals surface area contributed by atoms with E-state index in [9.17, 15) is 4.79 Å². The van der Waals surface area contributed by atoms with Gasteiger partial charge >= 0.3 is 0 Å².